The van der Waals surface area contributed by atoms with Crippen LogP contribution >= 0.6 is 9.24 Å². The van der Waals surface area contributed by atoms with Crippen molar-refractivity contribution in [2.75, 3.05) is 6.16 Å². The molecular formula is C21H36F3P. The van der Waals surface area contributed by atoms with E-state index in [1.165, 1.54) is 24.1 Å². The molecule has 0 N–H and O–H groups in total. The highest BCUT2D eigenvalue weighted by Crippen LogP contribution is 2.34. The minimum Gasteiger partial charge on any atom is -0.166 e. The molecule has 0 bridgehead atoms. The van der Waals surface area contributed by atoms with E-state index in [9.17, 15) is 13.2 Å². The Morgan fingerprint density at radius 2 is 1.48 bits per heavy atom. The molecule has 0 amide bonds. The van der Waals surface area contributed by atoms with Gasteiger partial charge in [0.15, 0.2) is 0 Å². The third-order valence-electron chi connectivity index (χ3n) is 3.68. The average molecular weight is 376 g/mol. The smallest absolute Gasteiger partial charge is 0.166 e. The molecule has 1 aliphatic carbocycles. The van der Waals surface area contributed by atoms with Crippen molar-refractivity contribution in [3.05, 3.63) is 41.5 Å². The summed E-state index contributed by atoms with van der Waals surface area (Å²) in [6, 6.07) is 5.52. The summed E-state index contributed by atoms with van der Waals surface area (Å²) in [5, 5.41) is 0. The molecule has 0 spiro atoms. The normalized spacial score (nSPS) is 16.1. The van der Waals surface area contributed by atoms with Crippen molar-refractivity contribution in [1.82, 2.24) is 0 Å². The third kappa shape index (κ3) is 10.0. The van der Waals surface area contributed by atoms with Crippen molar-refractivity contribution in [3.63, 3.8) is 0 Å². The minimum absolute atomic E-state index is 0.575. The second kappa shape index (κ2) is 15.4. The molecule has 146 valence electrons. The Morgan fingerprint density at radius 3 is 1.84 bits per heavy atom. The Kier molecular flexibility index (Phi) is 16.3. The molecule has 0 aliphatic heterocycles. The van der Waals surface area contributed by atoms with Gasteiger partial charge in [-0.3, -0.25) is 0 Å². The summed E-state index contributed by atoms with van der Waals surface area (Å²) in [4.78, 5) is 0. The first kappa shape index (κ1) is 26.4. The maximum Gasteiger partial charge on any atom is 0.416 e. The fourth-order valence-corrected chi connectivity index (χ4v) is 2.99. The summed E-state index contributed by atoms with van der Waals surface area (Å²) in [5.74, 6) is 0.732. The first-order chi connectivity index (χ1) is 12.0. The second-order valence-electron chi connectivity index (χ2n) is 5.02. The van der Waals surface area contributed by atoms with Crippen molar-refractivity contribution in [2.24, 2.45) is 5.92 Å². The Labute approximate surface area is 155 Å². The van der Waals surface area contributed by atoms with Crippen molar-refractivity contribution < 1.29 is 13.2 Å². The van der Waals surface area contributed by atoms with Crippen LogP contribution in [0.5, 0.6) is 0 Å². The Hall–Kier alpha value is -0.820. The van der Waals surface area contributed by atoms with Gasteiger partial charge in [0, 0.05) is 0 Å². The standard InChI is InChI=1S/C15H18F3P.3C2H6/c16-15(17,18)14-7-5-13(6-8-14)12-3-1-11(2-4-12)9-10-19;3*1-2/h3,5-8,11H,1-2,4,9-10,19H2;3*1-2H3. The minimum atomic E-state index is -4.25. The molecule has 0 heterocycles. The van der Waals surface area contributed by atoms with E-state index < -0.39 is 11.7 Å². The lowest BCUT2D eigenvalue weighted by Crippen LogP contribution is -2.07. The van der Waals surface area contributed by atoms with Crippen LogP contribution in [0.1, 0.15) is 78.4 Å². The zero-order valence-corrected chi connectivity index (χ0v) is 17.9. The number of hydrogen-bond donors (Lipinski definition) is 0. The van der Waals surface area contributed by atoms with Crippen molar-refractivity contribution in [1.29, 1.82) is 0 Å². The molecule has 25 heavy (non-hydrogen) atoms. The van der Waals surface area contributed by atoms with Crippen LogP contribution in [-0.2, 0) is 6.18 Å². The van der Waals surface area contributed by atoms with E-state index in [1.807, 2.05) is 41.5 Å². The molecule has 0 saturated heterocycles. The van der Waals surface area contributed by atoms with Gasteiger partial charge in [0.1, 0.15) is 0 Å². The number of benzene rings is 1. The van der Waals surface area contributed by atoms with Crippen molar-refractivity contribution >= 4 is 14.8 Å². The monoisotopic (exact) mass is 376 g/mol. The second-order valence-corrected chi connectivity index (χ2v) is 5.60. The van der Waals surface area contributed by atoms with Crippen molar-refractivity contribution in [2.45, 2.75) is 73.4 Å². The summed E-state index contributed by atoms with van der Waals surface area (Å²) in [6.07, 6.45) is 3.43. The summed E-state index contributed by atoms with van der Waals surface area (Å²) in [6.45, 7) is 12.0. The number of halogens is 3. The Bertz CT molecular complexity index is 447. The molecular weight excluding hydrogens is 340 g/mol. The van der Waals surface area contributed by atoms with Gasteiger partial charge in [0.25, 0.3) is 0 Å². The van der Waals surface area contributed by atoms with E-state index in [4.69, 9.17) is 0 Å². The molecule has 1 aromatic rings. The fourth-order valence-electron chi connectivity index (χ4n) is 2.52. The molecule has 1 aliphatic rings. The van der Waals surface area contributed by atoms with Gasteiger partial charge in [-0.15, -0.1) is 9.24 Å². The van der Waals surface area contributed by atoms with E-state index in [1.54, 1.807) is 12.1 Å². The highest BCUT2D eigenvalue weighted by Gasteiger charge is 2.30. The maximum atomic E-state index is 12.5. The van der Waals surface area contributed by atoms with Gasteiger partial charge < -0.3 is 0 Å². The molecule has 0 nitrogen and oxygen atoms in total. The topological polar surface area (TPSA) is 0 Å². The lowest BCUT2D eigenvalue weighted by atomic mass is 9.85. The fraction of sp³-hybridized carbons (Fsp3) is 0.619. The Balaban J connectivity index is 0. The van der Waals surface area contributed by atoms with E-state index >= 15 is 0 Å². The van der Waals surface area contributed by atoms with E-state index in [0.29, 0.717) is 0 Å². The van der Waals surface area contributed by atoms with Gasteiger partial charge in [-0.1, -0.05) is 59.8 Å². The number of rotatable bonds is 3. The summed E-state index contributed by atoms with van der Waals surface area (Å²) >= 11 is 0. The largest absolute Gasteiger partial charge is 0.416 e. The predicted octanol–water partition coefficient (Wildman–Crippen LogP) is 8.23. The van der Waals surface area contributed by atoms with Crippen LogP contribution in [0.25, 0.3) is 5.57 Å². The molecule has 0 fully saturated rings. The zero-order chi connectivity index (χ0) is 19.9. The Morgan fingerprint density at radius 1 is 0.960 bits per heavy atom. The quantitative estimate of drug-likeness (QED) is 0.466. The molecule has 1 aromatic carbocycles. The third-order valence-corrected chi connectivity index (χ3v) is 4.01. The van der Waals surface area contributed by atoms with Crippen LogP contribution in [0.3, 0.4) is 0 Å². The van der Waals surface area contributed by atoms with Gasteiger partial charge in [0.2, 0.25) is 0 Å². The summed E-state index contributed by atoms with van der Waals surface area (Å²) < 4.78 is 37.4. The number of hydrogen-bond acceptors (Lipinski definition) is 0. The van der Waals surface area contributed by atoms with E-state index in [0.717, 1.165) is 36.9 Å². The van der Waals surface area contributed by atoms with Crippen LogP contribution in [0, 0.1) is 5.92 Å². The van der Waals surface area contributed by atoms with Gasteiger partial charge in [0.05, 0.1) is 5.56 Å². The van der Waals surface area contributed by atoms with Gasteiger partial charge in [-0.25, -0.2) is 0 Å². The van der Waals surface area contributed by atoms with Crippen LogP contribution < -0.4 is 0 Å². The van der Waals surface area contributed by atoms with Gasteiger partial charge in [-0.2, -0.15) is 13.2 Å². The maximum absolute atomic E-state index is 12.5. The van der Waals surface area contributed by atoms with Crippen molar-refractivity contribution in [3.8, 4) is 0 Å². The molecule has 2 atom stereocenters. The zero-order valence-electron chi connectivity index (χ0n) is 16.7. The molecule has 0 radical (unpaired) electrons. The lowest BCUT2D eigenvalue weighted by Gasteiger charge is -2.21. The van der Waals surface area contributed by atoms with Gasteiger partial charge >= 0.3 is 6.18 Å². The van der Waals surface area contributed by atoms with Gasteiger partial charge in [-0.05, 0) is 61.0 Å². The highest BCUT2D eigenvalue weighted by atomic mass is 31.0. The number of alkyl halides is 3. The van der Waals surface area contributed by atoms with E-state index in [2.05, 4.69) is 15.3 Å². The van der Waals surface area contributed by atoms with Crippen LogP contribution in [0.4, 0.5) is 13.2 Å². The SMILES string of the molecule is CC.CC.CC.FC(F)(F)c1ccc(C2=CCC(CCP)CC2)cc1. The van der Waals surface area contributed by atoms with Crippen LogP contribution in [-0.4, -0.2) is 6.16 Å². The molecule has 2 rings (SSSR count). The first-order valence-electron chi connectivity index (χ1n) is 9.57. The molecule has 2 unspecified atom stereocenters. The summed E-state index contributed by atoms with van der Waals surface area (Å²) in [5.41, 5.74) is 1.54. The predicted molar refractivity (Wildman–Crippen MR) is 110 cm³/mol. The summed E-state index contributed by atoms with van der Waals surface area (Å²) in [7, 11) is 2.75. The van der Waals surface area contributed by atoms with E-state index in [-0.39, 0.29) is 0 Å². The highest BCUT2D eigenvalue weighted by molar-refractivity contribution is 7.16. The average Bonchev–Trinajstić information content (AvgIpc) is 2.67. The molecule has 0 saturated carbocycles. The van der Waals surface area contributed by atoms with Crippen LogP contribution in [0.2, 0.25) is 0 Å². The first-order valence-corrected chi connectivity index (χ1v) is 10.4. The molecule has 0 aromatic heterocycles. The number of allylic oxidation sites excluding steroid dienone is 2. The lowest BCUT2D eigenvalue weighted by molar-refractivity contribution is -0.137. The van der Waals surface area contributed by atoms with Crippen LogP contribution in [0.15, 0.2) is 30.3 Å². The molecule has 4 heteroatoms.